The molecule has 4 atom stereocenters. The Morgan fingerprint density at radius 1 is 1.11 bits per heavy atom. The number of phenols is 1. The molecule has 0 spiro atoms. The number of halogens is 1. The molecule has 3 aromatic rings. The van der Waals surface area contributed by atoms with Crippen molar-refractivity contribution in [2.45, 2.75) is 45.5 Å². The molecule has 236 valence electrons. The Morgan fingerprint density at radius 3 is 2.61 bits per heavy atom. The zero-order valence-corrected chi connectivity index (χ0v) is 25.6. The van der Waals surface area contributed by atoms with E-state index in [2.05, 4.69) is 4.98 Å². The molecule has 4 N–H and O–H groups in total. The van der Waals surface area contributed by atoms with Crippen molar-refractivity contribution in [3.8, 4) is 5.75 Å². The highest BCUT2D eigenvalue weighted by Gasteiger charge is 2.57. The summed E-state index contributed by atoms with van der Waals surface area (Å²) in [5.41, 5.74) is 4.47. The lowest BCUT2D eigenvalue weighted by atomic mass is 9.57. The van der Waals surface area contributed by atoms with E-state index in [1.807, 2.05) is 32.1 Å². The van der Waals surface area contributed by atoms with E-state index in [0.717, 1.165) is 21.6 Å². The van der Waals surface area contributed by atoms with Gasteiger partial charge in [0.2, 0.25) is 11.8 Å². The third-order valence-electron chi connectivity index (χ3n) is 9.35. The predicted octanol–water partition coefficient (Wildman–Crippen LogP) is 3.58. The van der Waals surface area contributed by atoms with Crippen LogP contribution in [0.5, 0.6) is 5.75 Å². The van der Waals surface area contributed by atoms with E-state index in [1.165, 1.54) is 24.3 Å². The van der Waals surface area contributed by atoms with Gasteiger partial charge in [0, 0.05) is 6.20 Å². The van der Waals surface area contributed by atoms with Gasteiger partial charge in [0.05, 0.1) is 29.3 Å². The van der Waals surface area contributed by atoms with Gasteiger partial charge in [0.25, 0.3) is 0 Å². The number of nitrogens with zero attached hydrogens (tertiary/aromatic N) is 2. The van der Waals surface area contributed by atoms with Crippen LogP contribution in [0.25, 0.3) is 11.6 Å². The molecule has 2 amide bonds. The Bertz CT molecular complexity index is 1710. The van der Waals surface area contributed by atoms with Crippen molar-refractivity contribution in [1.82, 2.24) is 4.98 Å². The van der Waals surface area contributed by atoms with Gasteiger partial charge in [-0.2, -0.15) is 0 Å². The summed E-state index contributed by atoms with van der Waals surface area (Å²) in [5, 5.41) is 40.0. The van der Waals surface area contributed by atoms with Gasteiger partial charge in [-0.3, -0.25) is 19.5 Å². The van der Waals surface area contributed by atoms with Crippen molar-refractivity contribution in [2.24, 2.45) is 23.7 Å². The van der Waals surface area contributed by atoms with Crippen LogP contribution in [-0.2, 0) is 14.2 Å². The minimum Gasteiger partial charge on any atom is -0.505 e. The second kappa shape index (κ2) is 13.0. The standard InChI is InChI=1S/C34H35B2FN2O7/c1-19(2)24-17-25-32(34(42)39(33(25)41)23-7-5-6-22(16-23)36(44)45)26-18-35(43)46-30(31(24)26)12-10-21(28-8-3-4-13-38-28)14-20-9-11-29(40)27(37)15-20/h3-9,11,13-16,19,25-26,30,32,40,43-45H,10,12,17-18H2,1-2H3/b21-14-/t25-,26+,30-,32-/m1/s1. The third kappa shape index (κ3) is 6.05. The number of rotatable bonds is 8. The van der Waals surface area contributed by atoms with Crippen LogP contribution in [0.15, 0.2) is 78.0 Å². The molecule has 12 heteroatoms. The van der Waals surface area contributed by atoms with E-state index in [4.69, 9.17) is 4.65 Å². The van der Waals surface area contributed by atoms with E-state index >= 15 is 0 Å². The van der Waals surface area contributed by atoms with Crippen molar-refractivity contribution < 1.29 is 38.8 Å². The first-order valence-corrected chi connectivity index (χ1v) is 15.5. The molecule has 2 aliphatic heterocycles. The Kier molecular flexibility index (Phi) is 8.98. The minimum atomic E-state index is -1.75. The lowest BCUT2D eigenvalue weighted by Crippen LogP contribution is -2.46. The molecule has 0 saturated carbocycles. The monoisotopic (exact) mass is 624 g/mol. The molecule has 1 aliphatic carbocycles. The maximum atomic E-state index is 14.2. The Balaban J connectivity index is 1.33. The van der Waals surface area contributed by atoms with Crippen LogP contribution in [0.1, 0.15) is 44.4 Å². The number of fused-ring (bicyclic) bond motifs is 3. The lowest BCUT2D eigenvalue weighted by molar-refractivity contribution is -0.122. The number of anilines is 1. The van der Waals surface area contributed by atoms with Gasteiger partial charge in [0.1, 0.15) is 0 Å². The van der Waals surface area contributed by atoms with E-state index in [1.54, 1.807) is 30.5 Å². The summed E-state index contributed by atoms with van der Waals surface area (Å²) in [5.74, 6) is -3.56. The summed E-state index contributed by atoms with van der Waals surface area (Å²) in [6.45, 7) is 4.09. The van der Waals surface area contributed by atoms with Crippen LogP contribution in [-0.4, -0.2) is 57.3 Å². The maximum Gasteiger partial charge on any atom is 0.488 e. The van der Waals surface area contributed by atoms with E-state index < -0.39 is 49.7 Å². The number of phenolic OH excluding ortho intramolecular Hbond substituents is 1. The fourth-order valence-corrected chi connectivity index (χ4v) is 7.26. The highest BCUT2D eigenvalue weighted by molar-refractivity contribution is 6.58. The first-order chi connectivity index (χ1) is 22.0. The number of pyridine rings is 1. The zero-order valence-electron chi connectivity index (χ0n) is 25.6. The van der Waals surface area contributed by atoms with Crippen molar-refractivity contribution in [3.63, 3.8) is 0 Å². The van der Waals surface area contributed by atoms with E-state index in [-0.39, 0.29) is 35.2 Å². The van der Waals surface area contributed by atoms with Gasteiger partial charge < -0.3 is 24.8 Å². The average Bonchev–Trinajstić information content (AvgIpc) is 3.29. The molecule has 9 nitrogen and oxygen atoms in total. The first-order valence-electron chi connectivity index (χ1n) is 15.5. The molecular weight excluding hydrogens is 589 g/mol. The van der Waals surface area contributed by atoms with Crippen LogP contribution in [0, 0.1) is 29.5 Å². The SMILES string of the molecule is CC(C)C1=C2[C@@H](CC/C(=C/c3ccc(O)c(F)c3)c3ccccn3)OB(O)C[C@@H]2[C@@H]2C(=O)N(c3cccc(B(O)O)c3)C(=O)[C@@H]2C1. The number of aromatic hydroxyl groups is 1. The molecule has 1 aromatic heterocycles. The van der Waals surface area contributed by atoms with Gasteiger partial charge >= 0.3 is 14.2 Å². The van der Waals surface area contributed by atoms with Gasteiger partial charge in [-0.05, 0) is 102 Å². The summed E-state index contributed by atoms with van der Waals surface area (Å²) < 4.78 is 20.4. The highest BCUT2D eigenvalue weighted by atomic mass is 19.1. The third-order valence-corrected chi connectivity index (χ3v) is 9.35. The molecule has 0 radical (unpaired) electrons. The summed E-state index contributed by atoms with van der Waals surface area (Å²) >= 11 is 0. The molecule has 3 heterocycles. The quantitative estimate of drug-likeness (QED) is 0.170. The molecule has 2 saturated heterocycles. The average molecular weight is 624 g/mol. The molecule has 6 rings (SSSR count). The van der Waals surface area contributed by atoms with Crippen molar-refractivity contribution in [1.29, 1.82) is 0 Å². The largest absolute Gasteiger partial charge is 0.505 e. The van der Waals surface area contributed by atoms with Gasteiger partial charge in [-0.1, -0.05) is 43.7 Å². The Morgan fingerprint density at radius 2 is 1.91 bits per heavy atom. The number of aromatic nitrogens is 1. The topological polar surface area (TPSA) is 140 Å². The normalized spacial score (nSPS) is 23.2. The Labute approximate surface area is 267 Å². The summed E-state index contributed by atoms with van der Waals surface area (Å²) in [4.78, 5) is 33.5. The number of carbonyl (C=O) groups is 2. The number of carbonyl (C=O) groups excluding carboxylic acids is 2. The second-order valence-corrected chi connectivity index (χ2v) is 12.5. The molecule has 46 heavy (non-hydrogen) atoms. The number of imide groups is 1. The second-order valence-electron chi connectivity index (χ2n) is 12.5. The van der Waals surface area contributed by atoms with Crippen molar-refractivity contribution in [3.05, 3.63) is 95.1 Å². The summed E-state index contributed by atoms with van der Waals surface area (Å²) in [6.07, 6.45) is 4.36. The predicted molar refractivity (Wildman–Crippen MR) is 173 cm³/mol. The van der Waals surface area contributed by atoms with E-state index in [0.29, 0.717) is 30.5 Å². The van der Waals surface area contributed by atoms with Crippen molar-refractivity contribution >= 4 is 48.9 Å². The number of allylic oxidation sites excluding steroid dienone is 2. The molecule has 3 aliphatic rings. The van der Waals surface area contributed by atoms with E-state index in [9.17, 15) is 34.2 Å². The molecule has 2 aromatic carbocycles. The number of hydrogen-bond acceptors (Lipinski definition) is 8. The van der Waals surface area contributed by atoms with Crippen LogP contribution >= 0.6 is 0 Å². The summed E-state index contributed by atoms with van der Waals surface area (Å²) in [6, 6.07) is 15.8. The molecular formula is C34H35B2FN2O7. The first kappa shape index (κ1) is 31.9. The fraction of sp³-hybridized carbons (Fsp3) is 0.324. The number of benzene rings is 2. The maximum absolute atomic E-state index is 14.2. The van der Waals surface area contributed by atoms with Gasteiger partial charge in [-0.15, -0.1) is 0 Å². The molecule has 0 bridgehead atoms. The Hall–Kier alpha value is -4.09. The summed E-state index contributed by atoms with van der Waals surface area (Å²) in [7, 11) is -2.90. The smallest absolute Gasteiger partial charge is 0.488 e. The van der Waals surface area contributed by atoms with Crippen molar-refractivity contribution in [2.75, 3.05) is 4.90 Å². The van der Waals surface area contributed by atoms with Crippen LogP contribution < -0.4 is 10.4 Å². The highest BCUT2D eigenvalue weighted by Crippen LogP contribution is 2.52. The van der Waals surface area contributed by atoms with Crippen LogP contribution in [0.3, 0.4) is 0 Å². The minimum absolute atomic E-state index is 0.0513. The van der Waals surface area contributed by atoms with Crippen LogP contribution in [0.2, 0.25) is 6.32 Å². The zero-order chi connectivity index (χ0) is 32.7. The van der Waals surface area contributed by atoms with Gasteiger partial charge in [0.15, 0.2) is 11.6 Å². The number of amides is 2. The number of hydrogen-bond donors (Lipinski definition) is 4. The lowest BCUT2D eigenvalue weighted by Gasteiger charge is -2.44. The molecule has 2 fully saturated rings. The van der Waals surface area contributed by atoms with Crippen LogP contribution in [0.4, 0.5) is 10.1 Å². The molecule has 0 unspecified atom stereocenters. The van der Waals surface area contributed by atoms with Gasteiger partial charge in [-0.25, -0.2) is 4.39 Å². The fourth-order valence-electron chi connectivity index (χ4n) is 7.26.